The van der Waals surface area contributed by atoms with Gasteiger partial charge in [0.05, 0.1) is 21.3 Å². The number of fused-ring (bicyclic) bond motifs is 3. The van der Waals surface area contributed by atoms with E-state index in [9.17, 15) is 5.26 Å². The molecule has 6 aromatic carbocycles. The second kappa shape index (κ2) is 13.5. The number of nitrogens with zero attached hydrogens (tertiary/aromatic N) is 2. The largest absolute Gasteiger partial charge is 0.355 e. The lowest BCUT2D eigenvalue weighted by molar-refractivity contribution is 0.660. The van der Waals surface area contributed by atoms with Gasteiger partial charge in [-0.3, -0.25) is 4.99 Å². The standard InChI is InChI=1S/C44H34IN3/c1-44(2)39-22-10-9-21-36(39)38-26-43(37(25-40(38)44)32-15-5-3-6-16-32)48-35-20-12-14-31(24-35)29-47-42(33-17-7-4-8-18-33)27-41(45)34-19-11-13-30(23-34)28-46/h3-27,29,41,48H,1-2H3/b42-27-,47-29+. The lowest BCUT2D eigenvalue weighted by atomic mass is 9.81. The zero-order valence-electron chi connectivity index (χ0n) is 26.9. The predicted molar refractivity (Wildman–Crippen MR) is 209 cm³/mol. The van der Waals surface area contributed by atoms with Gasteiger partial charge in [0.15, 0.2) is 0 Å². The monoisotopic (exact) mass is 731 g/mol. The molecule has 1 N–H and O–H groups in total. The fraction of sp³-hybridized carbons (Fsp3) is 0.0909. The van der Waals surface area contributed by atoms with Crippen LogP contribution in [-0.2, 0) is 5.41 Å². The number of alkyl halides is 1. The van der Waals surface area contributed by atoms with Crippen LogP contribution in [0.1, 0.15) is 51.2 Å². The quantitative estimate of drug-likeness (QED) is 0.0963. The van der Waals surface area contributed by atoms with Crippen molar-refractivity contribution in [3.8, 4) is 28.3 Å². The molecule has 48 heavy (non-hydrogen) atoms. The smallest absolute Gasteiger partial charge is 0.0991 e. The molecule has 1 unspecified atom stereocenters. The molecule has 0 aliphatic heterocycles. The van der Waals surface area contributed by atoms with Crippen LogP contribution in [0.2, 0.25) is 0 Å². The Bertz CT molecular complexity index is 2210. The highest BCUT2D eigenvalue weighted by atomic mass is 127. The van der Waals surface area contributed by atoms with Crippen LogP contribution in [0, 0.1) is 11.3 Å². The van der Waals surface area contributed by atoms with Crippen LogP contribution in [0.5, 0.6) is 0 Å². The summed E-state index contributed by atoms with van der Waals surface area (Å²) in [6, 6.07) is 52.7. The Morgan fingerprint density at radius 3 is 2.25 bits per heavy atom. The van der Waals surface area contributed by atoms with Crippen LogP contribution in [0.4, 0.5) is 11.4 Å². The molecule has 1 aliphatic rings. The van der Waals surface area contributed by atoms with E-state index >= 15 is 0 Å². The molecule has 0 spiro atoms. The van der Waals surface area contributed by atoms with Crippen LogP contribution < -0.4 is 5.32 Å². The molecule has 4 heteroatoms. The summed E-state index contributed by atoms with van der Waals surface area (Å²) in [4.78, 5) is 5.01. The topological polar surface area (TPSA) is 48.2 Å². The summed E-state index contributed by atoms with van der Waals surface area (Å²) in [5.74, 6) is 0. The Balaban J connectivity index is 1.24. The van der Waals surface area contributed by atoms with Crippen LogP contribution in [0.15, 0.2) is 157 Å². The Morgan fingerprint density at radius 2 is 1.46 bits per heavy atom. The van der Waals surface area contributed by atoms with Crippen molar-refractivity contribution < 1.29 is 0 Å². The minimum Gasteiger partial charge on any atom is -0.355 e. The molecule has 3 nitrogen and oxygen atoms in total. The van der Waals surface area contributed by atoms with E-state index in [1.165, 1.54) is 33.4 Å². The lowest BCUT2D eigenvalue weighted by Gasteiger charge is -2.23. The van der Waals surface area contributed by atoms with Crippen LogP contribution >= 0.6 is 22.6 Å². The molecule has 0 amide bonds. The second-order valence-corrected chi connectivity index (χ2v) is 13.9. The molecule has 7 rings (SSSR count). The first-order valence-electron chi connectivity index (χ1n) is 16.1. The van der Waals surface area contributed by atoms with Crippen molar-refractivity contribution in [2.24, 2.45) is 4.99 Å². The number of hydrogen-bond donors (Lipinski definition) is 1. The number of benzene rings is 6. The zero-order valence-corrected chi connectivity index (χ0v) is 29.0. The van der Waals surface area contributed by atoms with E-state index in [2.05, 4.69) is 163 Å². The Hall–Kier alpha value is -5.25. The fourth-order valence-corrected chi connectivity index (χ4v) is 7.27. The molecule has 0 fully saturated rings. The minimum absolute atomic E-state index is 0.0441. The van der Waals surface area contributed by atoms with Crippen LogP contribution in [-0.4, -0.2) is 6.21 Å². The van der Waals surface area contributed by atoms with E-state index < -0.39 is 0 Å². The molecule has 1 atom stereocenters. The zero-order chi connectivity index (χ0) is 33.1. The van der Waals surface area contributed by atoms with Gasteiger partial charge in [-0.1, -0.05) is 146 Å². The fourth-order valence-electron chi connectivity index (χ4n) is 6.54. The summed E-state index contributed by atoms with van der Waals surface area (Å²) in [6.45, 7) is 4.65. The van der Waals surface area contributed by atoms with Crippen LogP contribution in [0.25, 0.3) is 28.0 Å². The van der Waals surface area contributed by atoms with Gasteiger partial charge in [-0.2, -0.15) is 5.26 Å². The van der Waals surface area contributed by atoms with Crippen molar-refractivity contribution >= 4 is 45.9 Å². The average molecular weight is 732 g/mol. The summed E-state index contributed by atoms with van der Waals surface area (Å²) in [6.07, 6.45) is 4.08. The number of nitriles is 1. The van der Waals surface area contributed by atoms with Crippen molar-refractivity contribution in [1.29, 1.82) is 5.26 Å². The molecule has 0 heterocycles. The van der Waals surface area contributed by atoms with E-state index in [0.717, 1.165) is 33.8 Å². The van der Waals surface area contributed by atoms with E-state index in [1.54, 1.807) is 0 Å². The maximum absolute atomic E-state index is 9.41. The third-order valence-corrected chi connectivity index (χ3v) is 10.1. The molecule has 0 bridgehead atoms. The molecular formula is C44H34IN3. The molecule has 6 aromatic rings. The number of rotatable bonds is 8. The second-order valence-electron chi connectivity index (χ2n) is 12.5. The Labute approximate surface area is 296 Å². The third-order valence-electron chi connectivity index (χ3n) is 9.03. The molecule has 0 saturated carbocycles. The van der Waals surface area contributed by atoms with E-state index in [0.29, 0.717) is 5.56 Å². The first kappa shape index (κ1) is 31.4. The number of anilines is 2. The highest BCUT2D eigenvalue weighted by Crippen LogP contribution is 2.51. The molecular weight excluding hydrogens is 697 g/mol. The van der Waals surface area contributed by atoms with Gasteiger partial charge < -0.3 is 5.32 Å². The third kappa shape index (κ3) is 6.34. The highest BCUT2D eigenvalue weighted by Gasteiger charge is 2.36. The van der Waals surface area contributed by atoms with Crippen molar-refractivity contribution in [3.05, 3.63) is 185 Å². The van der Waals surface area contributed by atoms with Gasteiger partial charge in [-0.25, -0.2) is 0 Å². The highest BCUT2D eigenvalue weighted by molar-refractivity contribution is 14.1. The summed E-state index contributed by atoms with van der Waals surface area (Å²) in [5, 5.41) is 13.2. The summed E-state index contributed by atoms with van der Waals surface area (Å²) in [5.41, 5.74) is 14.3. The number of halogens is 1. The number of aliphatic imine (C=N–C) groups is 1. The van der Waals surface area contributed by atoms with Gasteiger partial charge in [-0.05, 0) is 87.0 Å². The molecule has 232 valence electrons. The maximum Gasteiger partial charge on any atom is 0.0991 e. The van der Waals surface area contributed by atoms with Gasteiger partial charge >= 0.3 is 0 Å². The number of nitrogens with one attached hydrogen (secondary N) is 1. The molecule has 0 radical (unpaired) electrons. The minimum atomic E-state index is -0.0795. The van der Waals surface area contributed by atoms with Gasteiger partial charge in [0.25, 0.3) is 0 Å². The van der Waals surface area contributed by atoms with Crippen molar-refractivity contribution in [1.82, 2.24) is 0 Å². The van der Waals surface area contributed by atoms with Crippen molar-refractivity contribution in [2.45, 2.75) is 23.2 Å². The molecule has 0 saturated heterocycles. The van der Waals surface area contributed by atoms with Gasteiger partial charge in [-0.15, -0.1) is 0 Å². The van der Waals surface area contributed by atoms with E-state index in [1.807, 2.05) is 42.6 Å². The van der Waals surface area contributed by atoms with Crippen LogP contribution in [0.3, 0.4) is 0 Å². The van der Waals surface area contributed by atoms with E-state index in [4.69, 9.17) is 4.99 Å². The number of allylic oxidation sites excluding steroid dienone is 1. The van der Waals surface area contributed by atoms with Crippen molar-refractivity contribution in [3.63, 3.8) is 0 Å². The predicted octanol–water partition coefficient (Wildman–Crippen LogP) is 11.9. The SMILES string of the molecule is CC1(C)c2ccccc2-c2cc(Nc3cccc(/C=N/C(=C\C(I)c4cccc(C#N)c4)c4ccccc4)c3)c(-c3ccccc3)cc21. The average Bonchev–Trinajstić information content (AvgIpc) is 3.35. The Morgan fingerprint density at radius 1 is 0.729 bits per heavy atom. The van der Waals surface area contributed by atoms with Gasteiger partial charge in [0.1, 0.15) is 0 Å². The summed E-state index contributed by atoms with van der Waals surface area (Å²) >= 11 is 2.41. The first-order chi connectivity index (χ1) is 23.4. The number of hydrogen-bond acceptors (Lipinski definition) is 3. The van der Waals surface area contributed by atoms with Gasteiger partial charge in [0, 0.05) is 28.6 Å². The lowest BCUT2D eigenvalue weighted by Crippen LogP contribution is -2.15. The summed E-state index contributed by atoms with van der Waals surface area (Å²) < 4.78 is 0.0441. The van der Waals surface area contributed by atoms with Crippen molar-refractivity contribution in [2.75, 3.05) is 5.32 Å². The summed E-state index contributed by atoms with van der Waals surface area (Å²) in [7, 11) is 0. The maximum atomic E-state index is 9.41. The van der Waals surface area contributed by atoms with E-state index in [-0.39, 0.29) is 9.34 Å². The Kier molecular flexibility index (Phi) is 8.80. The first-order valence-corrected chi connectivity index (χ1v) is 17.3. The normalized spacial score (nSPS) is 13.8. The molecule has 1 aliphatic carbocycles. The molecule has 0 aromatic heterocycles. The van der Waals surface area contributed by atoms with Gasteiger partial charge in [0.2, 0.25) is 0 Å².